The number of rotatable bonds is 5. The molecule has 0 radical (unpaired) electrons. The van der Waals surface area contributed by atoms with Gasteiger partial charge in [-0.15, -0.1) is 11.8 Å². The number of halogens is 1. The summed E-state index contributed by atoms with van der Waals surface area (Å²) < 4.78 is 13.1. The molecule has 0 spiro atoms. The minimum Gasteiger partial charge on any atom is -0.392 e. The van der Waals surface area contributed by atoms with E-state index in [4.69, 9.17) is 14.8 Å². The number of thioether (sulfide) groups is 1. The van der Waals surface area contributed by atoms with Gasteiger partial charge in [-0.05, 0) is 48.4 Å². The van der Waals surface area contributed by atoms with Crippen LogP contribution in [-0.4, -0.2) is 23.0 Å². The van der Waals surface area contributed by atoms with Crippen LogP contribution in [0.15, 0.2) is 41.3 Å². The predicted octanol–water partition coefficient (Wildman–Crippen LogP) is 5.13. The maximum atomic E-state index is 13.1. The van der Waals surface area contributed by atoms with Gasteiger partial charge in [0, 0.05) is 25.4 Å². The number of carbonyl (C=O) groups is 1. The number of hydrogen-bond donors (Lipinski definition) is 2. The molecule has 1 unspecified atom stereocenters. The first kappa shape index (κ1) is 27.0. The molecule has 2 rings (SSSR count). The summed E-state index contributed by atoms with van der Waals surface area (Å²) in [6.45, 7) is 5.75. The van der Waals surface area contributed by atoms with Gasteiger partial charge in [0.1, 0.15) is 12.6 Å². The molecule has 0 aromatic heterocycles. The van der Waals surface area contributed by atoms with Crippen molar-refractivity contribution in [1.29, 1.82) is 0 Å². The number of benzene rings is 2. The second-order valence-electron chi connectivity index (χ2n) is 5.09. The van der Waals surface area contributed by atoms with Crippen LogP contribution in [-0.2, 0) is 24.0 Å². The van der Waals surface area contributed by atoms with Crippen molar-refractivity contribution in [1.82, 2.24) is 0 Å². The van der Waals surface area contributed by atoms with Crippen molar-refractivity contribution in [2.24, 2.45) is 0 Å². The first-order valence-electron chi connectivity index (χ1n) is 7.73. The summed E-state index contributed by atoms with van der Waals surface area (Å²) in [5, 5.41) is 8.87. The molecule has 0 bridgehead atoms. The average Bonchev–Trinajstić information content (AvgIpc) is 2.64. The average molecular weight is 400 g/mol. The number of aryl methyl sites for hydroxylation is 2. The van der Waals surface area contributed by atoms with Gasteiger partial charge in [-0.2, -0.15) is 0 Å². The Bertz CT molecular complexity index is 621. The zero-order valence-electron chi connectivity index (χ0n) is 14.9. The topological polar surface area (TPSA) is 57.5 Å². The Morgan fingerprint density at radius 1 is 1.15 bits per heavy atom. The quantitative estimate of drug-likeness (QED) is 0.539. The molecule has 0 fully saturated rings. The Morgan fingerprint density at radius 2 is 1.69 bits per heavy atom. The van der Waals surface area contributed by atoms with E-state index in [1.165, 1.54) is 29.0 Å². The van der Waals surface area contributed by atoms with Crippen molar-refractivity contribution < 1.29 is 19.2 Å². The van der Waals surface area contributed by atoms with Gasteiger partial charge in [-0.3, -0.25) is 0 Å². The third-order valence-corrected chi connectivity index (χ3v) is 4.76. The molecule has 0 aliphatic heterocycles. The lowest BCUT2D eigenvalue weighted by molar-refractivity contribution is -0.0979. The third kappa shape index (κ3) is 9.44. The number of aliphatic hydroxyl groups excluding tert-OH is 1. The molecule has 2 aromatic rings. The van der Waals surface area contributed by atoms with Crippen molar-refractivity contribution in [3.63, 3.8) is 0 Å². The van der Waals surface area contributed by atoms with E-state index >= 15 is 0 Å². The molecule has 6 heteroatoms. The second kappa shape index (κ2) is 16.0. The van der Waals surface area contributed by atoms with Crippen LogP contribution in [0.2, 0.25) is 0 Å². The summed E-state index contributed by atoms with van der Waals surface area (Å²) in [4.78, 5) is 17.5. The van der Waals surface area contributed by atoms with Gasteiger partial charge in [-0.1, -0.05) is 38.6 Å². The van der Waals surface area contributed by atoms with E-state index in [0.29, 0.717) is 5.56 Å². The maximum Gasteiger partial charge on any atom is 0.130 e. The van der Waals surface area contributed by atoms with Crippen molar-refractivity contribution >= 4 is 27.4 Å². The number of hydrogen-bond acceptors (Lipinski definition) is 4. The molecule has 0 saturated heterocycles. The Balaban J connectivity index is 0. The largest absolute Gasteiger partial charge is 0.392 e. The van der Waals surface area contributed by atoms with Crippen LogP contribution in [0.1, 0.15) is 36.6 Å². The highest BCUT2D eigenvalue weighted by Gasteiger charge is 2.07. The molecular formula is C20H30FO3PS. The Hall–Kier alpha value is -1.26. The van der Waals surface area contributed by atoms with Gasteiger partial charge >= 0.3 is 0 Å². The zero-order valence-corrected chi connectivity index (χ0v) is 16.7. The second-order valence-corrected chi connectivity index (χ2v) is 6.61. The van der Waals surface area contributed by atoms with Gasteiger partial charge in [0.25, 0.3) is 0 Å². The van der Waals surface area contributed by atoms with Crippen molar-refractivity contribution in [3.8, 4) is 0 Å². The molecular weight excluding hydrogens is 370 g/mol. The lowest BCUT2D eigenvalue weighted by Crippen LogP contribution is -1.94. The lowest BCUT2D eigenvalue weighted by Gasteiger charge is -2.06. The first-order valence-corrected chi connectivity index (χ1v) is 10.1. The summed E-state index contributed by atoms with van der Waals surface area (Å²) >= 11 is 1.45. The van der Waals surface area contributed by atoms with Crippen LogP contribution in [0.3, 0.4) is 0 Å². The van der Waals surface area contributed by atoms with Crippen LogP contribution in [0.25, 0.3) is 0 Å². The van der Waals surface area contributed by atoms with Gasteiger partial charge in [0.05, 0.1) is 6.61 Å². The van der Waals surface area contributed by atoms with E-state index in [2.05, 4.69) is 31.2 Å². The van der Waals surface area contributed by atoms with E-state index in [9.17, 15) is 4.39 Å². The minimum atomic E-state index is -0.318. The fourth-order valence-electron chi connectivity index (χ4n) is 2.06. The fraction of sp³-hybridized carbons (Fsp3) is 0.350. The molecule has 0 saturated carbocycles. The highest BCUT2D eigenvalue weighted by atomic mass is 32.2. The van der Waals surface area contributed by atoms with E-state index in [1.54, 1.807) is 0 Å². The number of aliphatic hydroxyl groups is 1. The zero-order chi connectivity index (χ0) is 19.2. The van der Waals surface area contributed by atoms with E-state index in [-0.39, 0.29) is 28.7 Å². The monoisotopic (exact) mass is 400 g/mol. The lowest BCUT2D eigenvalue weighted by atomic mass is 10.1. The molecule has 1 atom stereocenters. The minimum absolute atomic E-state index is 0. The van der Waals surface area contributed by atoms with Crippen molar-refractivity contribution in [3.05, 3.63) is 64.5 Å². The van der Waals surface area contributed by atoms with Gasteiger partial charge in [-0.25, -0.2) is 4.39 Å². The smallest absolute Gasteiger partial charge is 0.130 e. The van der Waals surface area contributed by atoms with E-state index in [1.807, 2.05) is 26.0 Å². The standard InChI is InChI=1S/C9H11FOS.C9H13OP.CH2O.CH4/c1-6-3-8(10)7(5-11)9(4-6)12-2;1-2-8-3-5-9(6-4-8)7-11-10;1-2;/h3-4,11H,5H2,1-2H3;3-6,10-11H,2,7H2,1H3;1H2;1H4. The molecule has 146 valence electrons. The normalized spacial score (nSPS) is 9.62. The molecule has 3 nitrogen and oxygen atoms in total. The molecule has 2 N–H and O–H groups in total. The van der Waals surface area contributed by atoms with Gasteiger partial charge < -0.3 is 14.8 Å². The van der Waals surface area contributed by atoms with Crippen LogP contribution in [0.4, 0.5) is 4.39 Å². The van der Waals surface area contributed by atoms with E-state index < -0.39 is 0 Å². The van der Waals surface area contributed by atoms with Crippen molar-refractivity contribution in [2.75, 3.05) is 6.26 Å². The van der Waals surface area contributed by atoms with Gasteiger partial charge in [0.2, 0.25) is 0 Å². The summed E-state index contributed by atoms with van der Waals surface area (Å²) in [5.74, 6) is -0.318. The number of carbonyl (C=O) groups excluding carboxylic acids is 1. The molecule has 2 aromatic carbocycles. The van der Waals surface area contributed by atoms with Gasteiger partial charge in [0.15, 0.2) is 0 Å². The SMILES string of the molecule is C.C=O.CCc1ccc(CPO)cc1.CSc1cc(C)cc(F)c1CO. The van der Waals surface area contributed by atoms with Crippen LogP contribution < -0.4 is 0 Å². The summed E-state index contributed by atoms with van der Waals surface area (Å²) in [5.41, 5.74) is 3.86. The highest BCUT2D eigenvalue weighted by molar-refractivity contribution is 7.98. The third-order valence-electron chi connectivity index (χ3n) is 3.39. The Morgan fingerprint density at radius 3 is 2.12 bits per heavy atom. The van der Waals surface area contributed by atoms with Crippen LogP contribution in [0.5, 0.6) is 0 Å². The van der Waals surface area contributed by atoms with E-state index in [0.717, 1.165) is 23.0 Å². The Kier molecular flexibility index (Phi) is 16.5. The first-order chi connectivity index (χ1) is 12.0. The molecule has 0 amide bonds. The predicted molar refractivity (Wildman–Crippen MR) is 113 cm³/mol. The van der Waals surface area contributed by atoms with Crippen LogP contribution >= 0.6 is 20.6 Å². The van der Waals surface area contributed by atoms with Crippen molar-refractivity contribution in [2.45, 2.75) is 45.4 Å². The van der Waals surface area contributed by atoms with Crippen LogP contribution in [0, 0.1) is 12.7 Å². The summed E-state index contributed by atoms with van der Waals surface area (Å²) in [6, 6.07) is 11.7. The summed E-state index contributed by atoms with van der Waals surface area (Å²) in [7, 11) is 0.0327. The molecule has 26 heavy (non-hydrogen) atoms. The summed E-state index contributed by atoms with van der Waals surface area (Å²) in [6.07, 6.45) is 3.75. The molecule has 0 aliphatic carbocycles. The Labute approximate surface area is 162 Å². The fourth-order valence-corrected chi connectivity index (χ4v) is 3.19. The molecule has 0 aliphatic rings. The maximum absolute atomic E-state index is 13.1. The highest BCUT2D eigenvalue weighted by Crippen LogP contribution is 2.24. The molecule has 0 heterocycles.